The van der Waals surface area contributed by atoms with Crippen LogP contribution in [0.1, 0.15) is 17.2 Å². The highest BCUT2D eigenvalue weighted by molar-refractivity contribution is 9.10. The van der Waals surface area contributed by atoms with E-state index in [4.69, 9.17) is 0 Å². The Labute approximate surface area is 115 Å². The van der Waals surface area contributed by atoms with Gasteiger partial charge in [-0.15, -0.1) is 0 Å². The third-order valence-corrected chi connectivity index (χ3v) is 4.37. The normalized spacial score (nSPS) is 12.7. The van der Waals surface area contributed by atoms with Gasteiger partial charge in [0.05, 0.1) is 6.04 Å². The van der Waals surface area contributed by atoms with E-state index in [1.165, 1.54) is 17.4 Å². The zero-order valence-corrected chi connectivity index (χ0v) is 11.7. The molecule has 0 saturated carbocycles. The van der Waals surface area contributed by atoms with Gasteiger partial charge in [-0.25, -0.2) is 13.2 Å². The number of benzene rings is 1. The summed E-state index contributed by atoms with van der Waals surface area (Å²) >= 11 is 4.78. The molecule has 0 aliphatic carbocycles. The minimum atomic E-state index is -1.45. The molecule has 0 bridgehead atoms. The van der Waals surface area contributed by atoms with Gasteiger partial charge in [-0.05, 0) is 40.0 Å². The predicted octanol–water partition coefficient (Wildman–Crippen LogP) is 4.24. The Bertz CT molecular complexity index is 570. The third kappa shape index (κ3) is 2.32. The second-order valence-electron chi connectivity index (χ2n) is 3.66. The van der Waals surface area contributed by atoms with Gasteiger partial charge in [0.25, 0.3) is 0 Å². The summed E-state index contributed by atoms with van der Waals surface area (Å²) in [5.74, 6) is -3.79. The van der Waals surface area contributed by atoms with Crippen LogP contribution in [0.4, 0.5) is 13.2 Å². The third-order valence-electron chi connectivity index (χ3n) is 2.62. The van der Waals surface area contributed by atoms with Crippen LogP contribution in [-0.2, 0) is 0 Å². The summed E-state index contributed by atoms with van der Waals surface area (Å²) in [7, 11) is 1.63. The lowest BCUT2D eigenvalue weighted by atomic mass is 10.0. The first-order valence-electron chi connectivity index (χ1n) is 5.08. The molecule has 1 N–H and O–H groups in total. The Morgan fingerprint density at radius 1 is 1.11 bits per heavy atom. The number of halogens is 4. The van der Waals surface area contributed by atoms with Crippen LogP contribution in [0.5, 0.6) is 0 Å². The highest BCUT2D eigenvalue weighted by Gasteiger charge is 2.22. The first-order valence-corrected chi connectivity index (χ1v) is 6.82. The van der Waals surface area contributed by atoms with Crippen LogP contribution < -0.4 is 5.32 Å². The van der Waals surface area contributed by atoms with Crippen LogP contribution in [0.15, 0.2) is 27.4 Å². The second-order valence-corrected chi connectivity index (χ2v) is 5.26. The van der Waals surface area contributed by atoms with Gasteiger partial charge in [0.2, 0.25) is 0 Å². The average Bonchev–Trinajstić information content (AvgIpc) is 2.77. The predicted molar refractivity (Wildman–Crippen MR) is 69.2 cm³/mol. The van der Waals surface area contributed by atoms with E-state index in [0.29, 0.717) is 0 Å². The van der Waals surface area contributed by atoms with Crippen molar-refractivity contribution in [2.45, 2.75) is 6.04 Å². The fraction of sp³-hybridized carbons (Fsp3) is 0.167. The summed E-state index contributed by atoms with van der Waals surface area (Å²) in [6.07, 6.45) is 0. The van der Waals surface area contributed by atoms with Crippen LogP contribution in [0, 0.1) is 17.5 Å². The molecule has 0 saturated heterocycles. The second kappa shape index (κ2) is 5.42. The average molecular weight is 336 g/mol. The summed E-state index contributed by atoms with van der Waals surface area (Å²) in [5.41, 5.74) is 0.864. The topological polar surface area (TPSA) is 12.0 Å². The van der Waals surface area contributed by atoms with Crippen LogP contribution >= 0.6 is 27.3 Å². The molecule has 0 radical (unpaired) electrons. The molecule has 1 aromatic heterocycles. The molecule has 96 valence electrons. The number of nitrogens with one attached hydrogen (secondary N) is 1. The van der Waals surface area contributed by atoms with Gasteiger partial charge in [-0.2, -0.15) is 11.3 Å². The standard InChI is InChI=1S/C12H9BrF3NS/c1-17-12(7-4-18-5-8(7)13)6-2-3-9(14)11(16)10(6)15/h2-5,12,17H,1H3. The van der Waals surface area contributed by atoms with E-state index in [2.05, 4.69) is 21.2 Å². The number of hydrogen-bond acceptors (Lipinski definition) is 2. The summed E-state index contributed by atoms with van der Waals surface area (Å²) in [6, 6.07) is 1.65. The number of rotatable bonds is 3. The summed E-state index contributed by atoms with van der Waals surface area (Å²) in [4.78, 5) is 0. The summed E-state index contributed by atoms with van der Waals surface area (Å²) in [5, 5.41) is 6.57. The van der Waals surface area contributed by atoms with E-state index in [9.17, 15) is 13.2 Å². The Balaban J connectivity index is 2.53. The number of hydrogen-bond donors (Lipinski definition) is 1. The van der Waals surface area contributed by atoms with E-state index in [1.54, 1.807) is 7.05 Å². The first-order chi connectivity index (χ1) is 8.56. The van der Waals surface area contributed by atoms with E-state index in [1.807, 2.05) is 10.8 Å². The highest BCUT2D eigenvalue weighted by atomic mass is 79.9. The molecule has 1 nitrogen and oxygen atoms in total. The van der Waals surface area contributed by atoms with E-state index in [0.717, 1.165) is 16.1 Å². The summed E-state index contributed by atoms with van der Waals surface area (Å²) < 4.78 is 40.7. The zero-order valence-electron chi connectivity index (χ0n) is 9.31. The lowest BCUT2D eigenvalue weighted by Crippen LogP contribution is -2.19. The molecule has 0 spiro atoms. The maximum atomic E-state index is 13.8. The Kier molecular flexibility index (Phi) is 4.09. The van der Waals surface area contributed by atoms with Crippen LogP contribution in [-0.4, -0.2) is 7.05 Å². The molecule has 0 amide bonds. The fourth-order valence-corrected chi connectivity index (χ4v) is 3.29. The SMILES string of the molecule is CNC(c1cscc1Br)c1ccc(F)c(F)c1F. The van der Waals surface area contributed by atoms with Crippen molar-refractivity contribution in [3.63, 3.8) is 0 Å². The first kappa shape index (κ1) is 13.6. The molecule has 1 atom stereocenters. The van der Waals surface area contributed by atoms with Crippen molar-refractivity contribution in [2.24, 2.45) is 0 Å². The maximum absolute atomic E-state index is 13.8. The van der Waals surface area contributed by atoms with Crippen molar-refractivity contribution in [3.05, 3.63) is 55.9 Å². The van der Waals surface area contributed by atoms with Gasteiger partial charge >= 0.3 is 0 Å². The fourth-order valence-electron chi connectivity index (χ4n) is 1.74. The summed E-state index contributed by atoms with van der Waals surface area (Å²) in [6.45, 7) is 0. The van der Waals surface area contributed by atoms with Gasteiger partial charge < -0.3 is 5.32 Å². The maximum Gasteiger partial charge on any atom is 0.194 e. The van der Waals surface area contributed by atoms with Gasteiger partial charge in [-0.1, -0.05) is 6.07 Å². The molecule has 6 heteroatoms. The lowest BCUT2D eigenvalue weighted by molar-refractivity contribution is 0.435. The van der Waals surface area contributed by atoms with Crippen molar-refractivity contribution < 1.29 is 13.2 Å². The largest absolute Gasteiger partial charge is 0.309 e. The smallest absolute Gasteiger partial charge is 0.194 e. The molecule has 0 fully saturated rings. The van der Waals surface area contributed by atoms with Crippen LogP contribution in [0.25, 0.3) is 0 Å². The molecule has 1 heterocycles. The van der Waals surface area contributed by atoms with Gasteiger partial charge in [0.15, 0.2) is 17.5 Å². The van der Waals surface area contributed by atoms with Gasteiger partial charge in [0, 0.05) is 15.4 Å². The van der Waals surface area contributed by atoms with Crippen LogP contribution in [0.2, 0.25) is 0 Å². The molecule has 0 aliphatic heterocycles. The Hall–Kier alpha value is -0.850. The highest BCUT2D eigenvalue weighted by Crippen LogP contribution is 2.33. The minimum Gasteiger partial charge on any atom is -0.309 e. The van der Waals surface area contributed by atoms with Crippen molar-refractivity contribution in [3.8, 4) is 0 Å². The van der Waals surface area contributed by atoms with Gasteiger partial charge in [0.1, 0.15) is 0 Å². The van der Waals surface area contributed by atoms with Crippen molar-refractivity contribution in [1.29, 1.82) is 0 Å². The molecule has 2 rings (SSSR count). The number of thiophene rings is 1. The molecular weight excluding hydrogens is 327 g/mol. The van der Waals surface area contributed by atoms with E-state index in [-0.39, 0.29) is 5.56 Å². The van der Waals surface area contributed by atoms with Crippen LogP contribution in [0.3, 0.4) is 0 Å². The molecule has 0 aliphatic rings. The van der Waals surface area contributed by atoms with Crippen molar-refractivity contribution >= 4 is 27.3 Å². The molecular formula is C12H9BrF3NS. The lowest BCUT2D eigenvalue weighted by Gasteiger charge is -2.17. The monoisotopic (exact) mass is 335 g/mol. The van der Waals surface area contributed by atoms with Crippen molar-refractivity contribution in [1.82, 2.24) is 5.32 Å². The molecule has 1 unspecified atom stereocenters. The molecule has 18 heavy (non-hydrogen) atoms. The Morgan fingerprint density at radius 3 is 2.39 bits per heavy atom. The molecule has 1 aromatic carbocycles. The zero-order chi connectivity index (χ0) is 13.3. The molecule has 2 aromatic rings. The van der Waals surface area contributed by atoms with Crippen molar-refractivity contribution in [2.75, 3.05) is 7.05 Å². The van der Waals surface area contributed by atoms with E-state index < -0.39 is 23.5 Å². The van der Waals surface area contributed by atoms with Gasteiger partial charge in [-0.3, -0.25) is 0 Å². The minimum absolute atomic E-state index is 0.0792. The Morgan fingerprint density at radius 2 is 1.83 bits per heavy atom. The quantitative estimate of drug-likeness (QED) is 0.827. The van der Waals surface area contributed by atoms with E-state index >= 15 is 0 Å².